The number of nitrogens with one attached hydrogen (secondary N) is 1. The number of amides is 1. The third-order valence-corrected chi connectivity index (χ3v) is 1.66. The number of carbonyl (C=O) groups is 1. The number of methoxy groups -OCH3 is 1. The normalized spacial score (nSPS) is 14.5. The average Bonchev–Trinajstić information content (AvgIpc) is 2.25. The Balaban J connectivity index is 2.21. The standard InChI is InChI=1S/C9H14N2O3/c1-13-4-2-3-11-9(12)8-5-10-7-14-6-8/h5-6H,2-4,7H2,1H3,(H,11,12). The van der Waals surface area contributed by atoms with Gasteiger partial charge in [-0.3, -0.25) is 9.79 Å². The average molecular weight is 198 g/mol. The van der Waals surface area contributed by atoms with Gasteiger partial charge in [0.25, 0.3) is 5.91 Å². The molecule has 1 aliphatic heterocycles. The molecule has 1 aliphatic rings. The molecule has 0 saturated heterocycles. The number of carbonyl (C=O) groups excluding carboxylic acids is 1. The van der Waals surface area contributed by atoms with Crippen molar-refractivity contribution in [1.29, 1.82) is 0 Å². The highest BCUT2D eigenvalue weighted by molar-refractivity contribution is 6.12. The lowest BCUT2D eigenvalue weighted by atomic mass is 10.3. The molecular formula is C9H14N2O3. The maximum Gasteiger partial charge on any atom is 0.255 e. The van der Waals surface area contributed by atoms with Gasteiger partial charge in [0.15, 0.2) is 6.73 Å². The Bertz CT molecular complexity index is 248. The number of hydrogen-bond donors (Lipinski definition) is 1. The zero-order valence-corrected chi connectivity index (χ0v) is 8.16. The van der Waals surface area contributed by atoms with E-state index in [2.05, 4.69) is 10.3 Å². The fourth-order valence-electron chi connectivity index (χ4n) is 0.969. The number of aliphatic imine (C=N–C) groups is 1. The van der Waals surface area contributed by atoms with Crippen LogP contribution in [0.5, 0.6) is 0 Å². The van der Waals surface area contributed by atoms with Crippen LogP contribution in [0.2, 0.25) is 0 Å². The minimum atomic E-state index is -0.162. The van der Waals surface area contributed by atoms with E-state index in [1.54, 1.807) is 7.11 Å². The van der Waals surface area contributed by atoms with Crippen LogP contribution in [0, 0.1) is 0 Å². The van der Waals surface area contributed by atoms with Crippen LogP contribution in [0.4, 0.5) is 0 Å². The van der Waals surface area contributed by atoms with Crippen molar-refractivity contribution in [2.24, 2.45) is 4.99 Å². The Labute approximate surface area is 82.8 Å². The van der Waals surface area contributed by atoms with Crippen LogP contribution in [0.3, 0.4) is 0 Å². The van der Waals surface area contributed by atoms with Gasteiger partial charge in [0.2, 0.25) is 0 Å². The first-order chi connectivity index (χ1) is 6.84. The number of hydrogen-bond acceptors (Lipinski definition) is 4. The molecule has 1 N–H and O–H groups in total. The van der Waals surface area contributed by atoms with Crippen LogP contribution in [-0.4, -0.2) is 39.1 Å². The lowest BCUT2D eigenvalue weighted by Crippen LogP contribution is -2.28. The molecule has 14 heavy (non-hydrogen) atoms. The van der Waals surface area contributed by atoms with Crippen molar-refractivity contribution in [2.45, 2.75) is 6.42 Å². The molecule has 0 fully saturated rings. The summed E-state index contributed by atoms with van der Waals surface area (Å²) in [5, 5.41) is 2.73. The first kappa shape index (κ1) is 10.7. The Kier molecular flexibility index (Phi) is 4.71. The molecular weight excluding hydrogens is 184 g/mol. The molecule has 1 amide bonds. The lowest BCUT2D eigenvalue weighted by molar-refractivity contribution is -0.117. The summed E-state index contributed by atoms with van der Waals surface area (Å²) in [5.74, 6) is -0.162. The fourth-order valence-corrected chi connectivity index (χ4v) is 0.969. The molecule has 0 unspecified atom stereocenters. The van der Waals surface area contributed by atoms with Crippen molar-refractivity contribution >= 4 is 12.1 Å². The summed E-state index contributed by atoms with van der Waals surface area (Å²) < 4.78 is 9.74. The quantitative estimate of drug-likeness (QED) is 0.636. The van der Waals surface area contributed by atoms with Crippen LogP contribution in [0.25, 0.3) is 0 Å². The molecule has 0 aromatic carbocycles. The molecule has 0 aromatic rings. The molecule has 1 rings (SSSR count). The van der Waals surface area contributed by atoms with Crippen molar-refractivity contribution < 1.29 is 14.3 Å². The molecule has 0 aliphatic carbocycles. The maximum atomic E-state index is 11.4. The van der Waals surface area contributed by atoms with Gasteiger partial charge in [-0.15, -0.1) is 0 Å². The number of nitrogens with zero attached hydrogens (tertiary/aromatic N) is 1. The first-order valence-corrected chi connectivity index (χ1v) is 4.43. The Morgan fingerprint density at radius 1 is 1.79 bits per heavy atom. The second-order valence-electron chi connectivity index (χ2n) is 2.78. The maximum absolute atomic E-state index is 11.4. The van der Waals surface area contributed by atoms with E-state index in [9.17, 15) is 4.79 Å². The van der Waals surface area contributed by atoms with E-state index >= 15 is 0 Å². The summed E-state index contributed by atoms with van der Waals surface area (Å²) in [4.78, 5) is 15.2. The molecule has 0 aromatic heterocycles. The van der Waals surface area contributed by atoms with Crippen LogP contribution < -0.4 is 5.32 Å². The highest BCUT2D eigenvalue weighted by Gasteiger charge is 2.08. The summed E-state index contributed by atoms with van der Waals surface area (Å²) in [5.41, 5.74) is 0.452. The smallest absolute Gasteiger partial charge is 0.255 e. The summed E-state index contributed by atoms with van der Waals surface area (Å²) >= 11 is 0. The highest BCUT2D eigenvalue weighted by atomic mass is 16.5. The van der Waals surface area contributed by atoms with E-state index < -0.39 is 0 Å². The van der Waals surface area contributed by atoms with Gasteiger partial charge in [0.05, 0.1) is 11.8 Å². The molecule has 0 radical (unpaired) electrons. The molecule has 5 heteroatoms. The van der Waals surface area contributed by atoms with Gasteiger partial charge in [0.1, 0.15) is 0 Å². The van der Waals surface area contributed by atoms with E-state index in [0.29, 0.717) is 25.5 Å². The lowest BCUT2D eigenvalue weighted by Gasteiger charge is -2.08. The Morgan fingerprint density at radius 2 is 2.64 bits per heavy atom. The van der Waals surface area contributed by atoms with E-state index in [1.165, 1.54) is 12.5 Å². The molecule has 0 spiro atoms. The highest BCUT2D eigenvalue weighted by Crippen LogP contribution is 1.97. The summed E-state index contributed by atoms with van der Waals surface area (Å²) in [6.45, 7) is 1.53. The summed E-state index contributed by atoms with van der Waals surface area (Å²) in [6.07, 6.45) is 3.72. The number of ether oxygens (including phenoxy) is 2. The SMILES string of the molecule is COCCCNC(=O)C1=COCN=C1. The van der Waals surface area contributed by atoms with Gasteiger partial charge >= 0.3 is 0 Å². The monoisotopic (exact) mass is 198 g/mol. The van der Waals surface area contributed by atoms with Crippen LogP contribution >= 0.6 is 0 Å². The van der Waals surface area contributed by atoms with Gasteiger partial charge in [0, 0.05) is 26.5 Å². The van der Waals surface area contributed by atoms with E-state index in [1.807, 2.05) is 0 Å². The summed E-state index contributed by atoms with van der Waals surface area (Å²) in [7, 11) is 1.63. The van der Waals surface area contributed by atoms with Crippen molar-refractivity contribution in [3.8, 4) is 0 Å². The van der Waals surface area contributed by atoms with Gasteiger partial charge in [-0.2, -0.15) is 0 Å². The third kappa shape index (κ3) is 3.57. The zero-order chi connectivity index (χ0) is 10.2. The molecule has 0 bridgehead atoms. The first-order valence-electron chi connectivity index (χ1n) is 4.43. The van der Waals surface area contributed by atoms with Crippen molar-refractivity contribution in [3.63, 3.8) is 0 Å². The molecule has 1 heterocycles. The largest absolute Gasteiger partial charge is 0.478 e. The predicted octanol–water partition coefficient (Wildman–Crippen LogP) is 0.0815. The van der Waals surface area contributed by atoms with Crippen LogP contribution in [-0.2, 0) is 14.3 Å². The summed E-state index contributed by atoms with van der Waals surface area (Å²) in [6, 6.07) is 0. The zero-order valence-electron chi connectivity index (χ0n) is 8.16. The Hall–Kier alpha value is -1.36. The number of rotatable bonds is 5. The van der Waals surface area contributed by atoms with Gasteiger partial charge in [-0.05, 0) is 6.42 Å². The van der Waals surface area contributed by atoms with E-state index in [0.717, 1.165) is 6.42 Å². The Morgan fingerprint density at radius 3 is 3.29 bits per heavy atom. The predicted molar refractivity (Wildman–Crippen MR) is 52.0 cm³/mol. The van der Waals surface area contributed by atoms with Crippen LogP contribution in [0.15, 0.2) is 16.8 Å². The minimum absolute atomic E-state index is 0.162. The van der Waals surface area contributed by atoms with Gasteiger partial charge in [-0.1, -0.05) is 0 Å². The third-order valence-electron chi connectivity index (χ3n) is 1.66. The second kappa shape index (κ2) is 6.15. The second-order valence-corrected chi connectivity index (χ2v) is 2.78. The van der Waals surface area contributed by atoms with Gasteiger partial charge in [-0.25, -0.2) is 0 Å². The molecule has 0 saturated carbocycles. The van der Waals surface area contributed by atoms with Crippen molar-refractivity contribution in [3.05, 3.63) is 11.8 Å². The van der Waals surface area contributed by atoms with Crippen LogP contribution in [0.1, 0.15) is 6.42 Å². The molecule has 0 atom stereocenters. The van der Waals surface area contributed by atoms with E-state index in [-0.39, 0.29) is 5.91 Å². The minimum Gasteiger partial charge on any atom is -0.478 e. The van der Waals surface area contributed by atoms with Gasteiger partial charge < -0.3 is 14.8 Å². The van der Waals surface area contributed by atoms with Crippen molar-refractivity contribution in [1.82, 2.24) is 5.32 Å². The van der Waals surface area contributed by atoms with E-state index in [4.69, 9.17) is 9.47 Å². The fraction of sp³-hybridized carbons (Fsp3) is 0.556. The topological polar surface area (TPSA) is 59.9 Å². The molecule has 78 valence electrons. The molecule has 5 nitrogen and oxygen atoms in total. The van der Waals surface area contributed by atoms with Crippen molar-refractivity contribution in [2.75, 3.05) is 27.0 Å².